The van der Waals surface area contributed by atoms with Gasteiger partial charge in [-0.25, -0.2) is 5.48 Å². The van der Waals surface area contributed by atoms with E-state index in [4.69, 9.17) is 33.3 Å². The molecule has 10 aliphatic rings. The van der Waals surface area contributed by atoms with Crippen molar-refractivity contribution in [1.29, 1.82) is 0 Å². The van der Waals surface area contributed by atoms with Crippen molar-refractivity contribution >= 4 is 23.5 Å². The lowest BCUT2D eigenvalue weighted by atomic mass is 10.2. The van der Waals surface area contributed by atoms with E-state index in [-0.39, 0.29) is 0 Å². The van der Waals surface area contributed by atoms with Crippen LogP contribution in [-0.4, -0.2) is 155 Å². The third-order valence-electron chi connectivity index (χ3n) is 8.61. The van der Waals surface area contributed by atoms with Gasteiger partial charge in [-0.1, -0.05) is 290 Å². The van der Waals surface area contributed by atoms with E-state index in [2.05, 4.69) is 50.3 Å². The number of hydrogen-bond acceptors (Lipinski definition) is 14. The second-order valence-electron chi connectivity index (χ2n) is 13.7. The molecule has 5 N–H and O–H groups in total. The number of thioether (sulfide) groups is 2. The van der Waals surface area contributed by atoms with Crippen molar-refractivity contribution in [2.24, 2.45) is 0 Å². The van der Waals surface area contributed by atoms with Crippen LogP contribution in [0.1, 0.15) is 380 Å². The largest absolute Gasteiger partial charge is 0.381 e. The lowest BCUT2D eigenvalue weighted by Crippen LogP contribution is -2.30. The first-order valence-corrected chi connectivity index (χ1v) is 44.1. The summed E-state index contributed by atoms with van der Waals surface area (Å²) in [4.78, 5) is 4.69. The summed E-state index contributed by atoms with van der Waals surface area (Å²) < 4.78 is 29.3. The summed E-state index contributed by atoms with van der Waals surface area (Å²) in [7, 11) is 0. The lowest BCUT2D eigenvalue weighted by molar-refractivity contribution is 0.0692. The summed E-state index contributed by atoms with van der Waals surface area (Å²) in [6.07, 6.45) is 22.0. The molecule has 0 aromatic carbocycles. The molecule has 0 atom stereocenters. The Morgan fingerprint density at radius 1 is 0.181 bits per heavy atom. The average molecular weight is 1410 g/mol. The number of piperidine rings is 1. The minimum Gasteiger partial charge on any atom is -0.381 e. The zero-order chi connectivity index (χ0) is 78.2. The molecule has 0 unspecified atom stereocenters. The molecule has 10 heterocycles. The molecule has 10 saturated heterocycles. The molecule has 10 rings (SSSR count). The van der Waals surface area contributed by atoms with E-state index in [0.29, 0.717) is 6.79 Å². The van der Waals surface area contributed by atoms with Crippen molar-refractivity contribution in [3.63, 3.8) is 0 Å². The van der Waals surface area contributed by atoms with Gasteiger partial charge in [0.05, 0.1) is 46.4 Å². The quantitative estimate of drug-likeness (QED) is 0.158. The van der Waals surface area contributed by atoms with Crippen molar-refractivity contribution < 1.29 is 33.3 Å². The highest BCUT2D eigenvalue weighted by molar-refractivity contribution is 7.99. The molecular weight excluding hydrogens is 1210 g/mol. The predicted molar refractivity (Wildman–Crippen MR) is 456 cm³/mol. The molecule has 0 amide bonds. The summed E-state index contributed by atoms with van der Waals surface area (Å²) >= 11 is 4.17. The first kappa shape index (κ1) is 149. The molecule has 0 bridgehead atoms. The van der Waals surface area contributed by atoms with Crippen LogP contribution in [-0.2, 0) is 33.3 Å². The first-order valence-electron chi connectivity index (χ1n) is 41.8. The van der Waals surface area contributed by atoms with Crippen molar-refractivity contribution in [1.82, 2.24) is 26.7 Å². The molecule has 604 valence electrons. The average Bonchev–Trinajstić information content (AvgIpc) is 4.62. The van der Waals surface area contributed by atoms with Crippen molar-refractivity contribution in [3.8, 4) is 0 Å². The number of ether oxygens (including phenoxy) is 6. The van der Waals surface area contributed by atoms with Gasteiger partial charge in [-0.3, -0.25) is 5.32 Å². The highest BCUT2D eigenvalue weighted by Crippen LogP contribution is 2.15. The van der Waals surface area contributed by atoms with E-state index in [1.807, 2.05) is 277 Å². The second kappa shape index (κ2) is 270. The van der Waals surface area contributed by atoms with Crippen molar-refractivity contribution in [2.75, 3.05) is 155 Å². The Kier molecular flexibility index (Phi) is 426. The maximum absolute atomic E-state index is 5.07. The first-order chi connectivity index (χ1) is 47.0. The Morgan fingerprint density at radius 3 is 0.532 bits per heavy atom. The van der Waals surface area contributed by atoms with Crippen LogP contribution >= 0.6 is 23.5 Å². The minimum absolute atomic E-state index is 0.500. The number of nitrogens with one attached hydrogen (secondary N) is 5. The van der Waals surface area contributed by atoms with Crippen molar-refractivity contribution in [3.05, 3.63) is 0 Å². The zero-order valence-corrected chi connectivity index (χ0v) is 76.1. The smallest absolute Gasteiger partial charge is 0.146 e. The van der Waals surface area contributed by atoms with E-state index in [0.717, 1.165) is 99.0 Å². The van der Waals surface area contributed by atoms with Crippen LogP contribution < -0.4 is 26.7 Å². The van der Waals surface area contributed by atoms with E-state index in [1.165, 1.54) is 152 Å². The van der Waals surface area contributed by atoms with Crippen LogP contribution in [0.25, 0.3) is 0 Å². The molecule has 10 aliphatic heterocycles. The van der Waals surface area contributed by atoms with Gasteiger partial charge >= 0.3 is 0 Å². The minimum atomic E-state index is 0.500. The lowest BCUT2D eigenvalue weighted by Gasteiger charge is -2.10. The molecule has 12 nitrogen and oxygen atoms in total. The molecule has 94 heavy (non-hydrogen) atoms. The fourth-order valence-corrected chi connectivity index (χ4v) is 7.39. The number of morpholine rings is 1. The van der Waals surface area contributed by atoms with Gasteiger partial charge in [0.25, 0.3) is 0 Å². The van der Waals surface area contributed by atoms with Gasteiger partial charge in [-0.05, 0) is 139 Å². The van der Waals surface area contributed by atoms with Gasteiger partial charge < -0.3 is 49.2 Å². The topological polar surface area (TPSA) is 125 Å². The van der Waals surface area contributed by atoms with Crippen LogP contribution in [0.3, 0.4) is 0 Å². The van der Waals surface area contributed by atoms with Crippen molar-refractivity contribution in [2.45, 2.75) is 380 Å². The molecule has 0 aromatic rings. The standard InChI is InChI=1S/C5H11N.C5H10O.C5H10S.C4H9NO.C4H9N.C4H8O.C4H8S.2C3H7NO.C3H6O2.20C2H6/c3*1-2-4-6-5-3-1;1-3-6-4-2-5-1;3*1-2-4-5-3-1;1-2-5-3-4-1;1-2-4-5-3-1;1-2-5-3-4-1;20*1-2/h6H,1-5H2;2*1-5H2;5H,1-4H2;5H,1-4H2;2*1-4H2;2*4H,1-3H2;1-3H2;20*1-2H3. The maximum atomic E-state index is 5.07. The molecule has 14 heteroatoms. The number of rotatable bonds is 0. The third-order valence-corrected chi connectivity index (χ3v) is 10.9. The summed E-state index contributed by atoms with van der Waals surface area (Å²) in [6, 6.07) is 0. The predicted octanol–water partition coefficient (Wildman–Crippen LogP) is 26.1. The fourth-order valence-electron chi connectivity index (χ4n) is 5.35. The van der Waals surface area contributed by atoms with Crippen LogP contribution in [0.4, 0.5) is 0 Å². The number of hydroxylamine groups is 1. The van der Waals surface area contributed by atoms with E-state index in [1.54, 1.807) is 0 Å². The van der Waals surface area contributed by atoms with Crippen LogP contribution in [0.2, 0.25) is 0 Å². The number of hydrogen-bond donors (Lipinski definition) is 5. The van der Waals surface area contributed by atoms with E-state index in [9.17, 15) is 0 Å². The summed E-state index contributed by atoms with van der Waals surface area (Å²) in [5.41, 5.74) is 2.72. The fraction of sp³-hybridized carbons (Fsp3) is 1.00. The summed E-state index contributed by atoms with van der Waals surface area (Å²) in [5.74, 6) is 5.67. The normalized spacial score (nSPS) is 15.1. The summed E-state index contributed by atoms with van der Waals surface area (Å²) in [6.45, 7) is 99.5. The third kappa shape index (κ3) is 261. The van der Waals surface area contributed by atoms with E-state index >= 15 is 0 Å². The molecule has 0 saturated carbocycles. The van der Waals surface area contributed by atoms with Gasteiger partial charge in [0, 0.05) is 52.6 Å². The van der Waals surface area contributed by atoms with Gasteiger partial charge in [-0.15, -0.1) is 0 Å². The Labute approximate surface area is 614 Å². The molecule has 10 fully saturated rings. The van der Waals surface area contributed by atoms with Crippen LogP contribution in [0.5, 0.6) is 0 Å². The van der Waals surface area contributed by atoms with Gasteiger partial charge in [0.1, 0.15) is 6.79 Å². The monoisotopic (exact) mass is 1410 g/mol. The van der Waals surface area contributed by atoms with Gasteiger partial charge in [0.2, 0.25) is 0 Å². The Hall–Kier alpha value is 0.220. The van der Waals surface area contributed by atoms with Crippen LogP contribution in [0.15, 0.2) is 0 Å². The van der Waals surface area contributed by atoms with Gasteiger partial charge in [-0.2, -0.15) is 23.5 Å². The van der Waals surface area contributed by atoms with E-state index < -0.39 is 0 Å². The van der Waals surface area contributed by atoms with Crippen LogP contribution in [0, 0.1) is 0 Å². The molecule has 0 spiro atoms. The molecule has 0 radical (unpaired) electrons. The zero-order valence-electron chi connectivity index (χ0n) is 74.5. The Morgan fingerprint density at radius 2 is 0.426 bits per heavy atom. The molecule has 0 aliphatic carbocycles. The highest BCUT2D eigenvalue weighted by Gasteiger charge is 1.99. The summed E-state index contributed by atoms with van der Waals surface area (Å²) in [5, 5.41) is 12.7. The molecular formula is C80H205N5O7S2. The maximum Gasteiger partial charge on any atom is 0.146 e. The molecule has 0 aromatic heterocycles. The Bertz CT molecular complexity index is 441. The SMILES string of the molecule is C1CCNC1.C1CCNCC1.C1CCOC1.C1CCOCC1.C1CCSC1.C1CCSCC1.C1CNOC1.C1COCCN1.C1COCN1.C1COCO1.CC.CC.CC.CC.CC.CC.CC.CC.CC.CC.CC.CC.CC.CC.CC.CC.CC.CC.CC.CC. The highest BCUT2D eigenvalue weighted by atomic mass is 32.2. The Balaban J connectivity index is -0.0000000340. The second-order valence-corrected chi connectivity index (χ2v) is 16.1. The van der Waals surface area contributed by atoms with Gasteiger partial charge in [0.15, 0.2) is 0 Å².